The molecule has 0 aliphatic carbocycles. The monoisotopic (exact) mass is 220 g/mol. The van der Waals surface area contributed by atoms with Crippen LogP contribution < -0.4 is 0 Å². The van der Waals surface area contributed by atoms with Crippen molar-refractivity contribution in [3.05, 3.63) is 40.6 Å². The summed E-state index contributed by atoms with van der Waals surface area (Å²) in [6, 6.07) is 6.81. The molecule has 0 atom stereocenters. The number of benzene rings is 1. The van der Waals surface area contributed by atoms with Crippen LogP contribution in [-0.4, -0.2) is 16.2 Å². The number of nitrogens with zero attached hydrogens (tertiary/aromatic N) is 2. The van der Waals surface area contributed by atoms with Crippen molar-refractivity contribution in [3.8, 4) is 0 Å². The van der Waals surface area contributed by atoms with Gasteiger partial charge in [-0.25, -0.2) is 0 Å². The second kappa shape index (κ2) is 3.86. The fraction of sp³-hybridized carbons (Fsp3) is 0.100. The van der Waals surface area contributed by atoms with E-state index in [1.165, 1.54) is 17.8 Å². The van der Waals surface area contributed by atoms with Crippen LogP contribution in [0.25, 0.3) is 10.9 Å². The Kier molecular flexibility index (Phi) is 2.55. The van der Waals surface area contributed by atoms with Crippen LogP contribution in [0.15, 0.2) is 35.4 Å². The molecule has 0 aliphatic rings. The molecule has 1 aromatic heterocycles. The van der Waals surface area contributed by atoms with Gasteiger partial charge < -0.3 is 0 Å². The molecule has 0 radical (unpaired) electrons. The molecule has 0 N–H and O–H groups in total. The van der Waals surface area contributed by atoms with E-state index in [9.17, 15) is 10.1 Å². The Bertz CT molecular complexity index is 528. The van der Waals surface area contributed by atoms with E-state index in [-0.39, 0.29) is 10.6 Å². The summed E-state index contributed by atoms with van der Waals surface area (Å²) in [7, 11) is 0. The summed E-state index contributed by atoms with van der Waals surface area (Å²) in [5.74, 6) is 0. The molecule has 5 heteroatoms. The number of fused-ring (bicyclic) bond motifs is 1. The van der Waals surface area contributed by atoms with E-state index in [4.69, 9.17) is 0 Å². The first-order chi connectivity index (χ1) is 7.24. The maximum Gasteiger partial charge on any atom is 0.283 e. The van der Waals surface area contributed by atoms with E-state index in [1.54, 1.807) is 18.3 Å². The van der Waals surface area contributed by atoms with Gasteiger partial charge in [0.05, 0.1) is 15.3 Å². The third-order valence-electron chi connectivity index (χ3n) is 2.12. The van der Waals surface area contributed by atoms with Crippen LogP contribution in [-0.2, 0) is 0 Å². The second-order valence-corrected chi connectivity index (χ2v) is 3.76. The number of aromatic nitrogens is 1. The maximum absolute atomic E-state index is 10.8. The zero-order valence-corrected chi connectivity index (χ0v) is 8.82. The van der Waals surface area contributed by atoms with E-state index in [0.717, 1.165) is 10.9 Å². The third kappa shape index (κ3) is 1.66. The van der Waals surface area contributed by atoms with E-state index >= 15 is 0 Å². The lowest BCUT2D eigenvalue weighted by molar-refractivity contribution is -0.387. The van der Waals surface area contributed by atoms with Gasteiger partial charge in [0.1, 0.15) is 0 Å². The van der Waals surface area contributed by atoms with Gasteiger partial charge in [-0.15, -0.1) is 11.8 Å². The summed E-state index contributed by atoms with van der Waals surface area (Å²) in [5, 5.41) is 11.6. The van der Waals surface area contributed by atoms with E-state index < -0.39 is 0 Å². The Labute approximate surface area is 90.5 Å². The Morgan fingerprint density at radius 3 is 2.87 bits per heavy atom. The van der Waals surface area contributed by atoms with Crippen LogP contribution in [0.4, 0.5) is 5.69 Å². The number of nitro benzene ring substituents is 1. The van der Waals surface area contributed by atoms with Gasteiger partial charge in [-0.05, 0) is 24.5 Å². The van der Waals surface area contributed by atoms with Gasteiger partial charge in [0, 0.05) is 17.6 Å². The van der Waals surface area contributed by atoms with E-state index in [0.29, 0.717) is 4.90 Å². The minimum atomic E-state index is -0.363. The highest BCUT2D eigenvalue weighted by Gasteiger charge is 2.15. The zero-order valence-electron chi connectivity index (χ0n) is 8.01. The van der Waals surface area contributed by atoms with Crippen LogP contribution in [0.2, 0.25) is 0 Å². The van der Waals surface area contributed by atoms with Gasteiger partial charge in [0.15, 0.2) is 0 Å². The number of hydrogen-bond donors (Lipinski definition) is 0. The van der Waals surface area contributed by atoms with Gasteiger partial charge in [0.25, 0.3) is 5.69 Å². The minimum absolute atomic E-state index is 0.142. The second-order valence-electron chi connectivity index (χ2n) is 2.95. The maximum atomic E-state index is 10.8. The molecular formula is C10H8N2O2S. The molecule has 2 rings (SSSR count). The first-order valence-corrected chi connectivity index (χ1v) is 5.52. The fourth-order valence-corrected chi connectivity index (χ4v) is 2.22. The van der Waals surface area contributed by atoms with Crippen molar-refractivity contribution >= 4 is 28.4 Å². The van der Waals surface area contributed by atoms with Crippen molar-refractivity contribution in [1.82, 2.24) is 4.98 Å². The normalized spacial score (nSPS) is 10.5. The highest BCUT2D eigenvalue weighted by molar-refractivity contribution is 7.99. The fourth-order valence-electron chi connectivity index (χ4n) is 1.47. The van der Waals surface area contributed by atoms with Crippen molar-refractivity contribution in [1.29, 1.82) is 0 Å². The molecule has 0 fully saturated rings. The Hall–Kier alpha value is -1.62. The van der Waals surface area contributed by atoms with Crippen LogP contribution in [0.5, 0.6) is 0 Å². The number of thioether (sulfide) groups is 1. The number of hydrogen-bond acceptors (Lipinski definition) is 4. The molecule has 0 bridgehead atoms. The van der Waals surface area contributed by atoms with Crippen molar-refractivity contribution in [2.45, 2.75) is 4.90 Å². The van der Waals surface area contributed by atoms with E-state index in [1.807, 2.05) is 12.3 Å². The van der Waals surface area contributed by atoms with Crippen molar-refractivity contribution in [2.75, 3.05) is 6.26 Å². The quantitative estimate of drug-likeness (QED) is 0.443. The molecule has 1 aromatic carbocycles. The number of pyridine rings is 1. The van der Waals surface area contributed by atoms with Crippen LogP contribution in [0, 0.1) is 10.1 Å². The molecule has 76 valence electrons. The van der Waals surface area contributed by atoms with Crippen LogP contribution >= 0.6 is 11.8 Å². The predicted octanol–water partition coefficient (Wildman–Crippen LogP) is 2.86. The molecule has 0 spiro atoms. The molecule has 15 heavy (non-hydrogen) atoms. The highest BCUT2D eigenvalue weighted by atomic mass is 32.2. The molecule has 2 aromatic rings. The molecule has 0 amide bonds. The molecule has 0 saturated heterocycles. The topological polar surface area (TPSA) is 56.0 Å². The average Bonchev–Trinajstić information content (AvgIpc) is 2.27. The standard InChI is InChI=1S/C10H8N2O2S/c1-15-10-7-3-2-6-11-8(7)4-5-9(10)12(13)14/h2-6H,1H3. The molecule has 0 unspecified atom stereocenters. The lowest BCUT2D eigenvalue weighted by Gasteiger charge is -2.03. The SMILES string of the molecule is CSc1c([N+](=O)[O-])ccc2ncccc12. The Morgan fingerprint density at radius 2 is 2.20 bits per heavy atom. The van der Waals surface area contributed by atoms with Crippen LogP contribution in [0.1, 0.15) is 0 Å². The van der Waals surface area contributed by atoms with Crippen LogP contribution in [0.3, 0.4) is 0 Å². The summed E-state index contributed by atoms with van der Waals surface area (Å²) in [4.78, 5) is 15.3. The first kappa shape index (κ1) is 9.92. The third-order valence-corrected chi connectivity index (χ3v) is 2.95. The predicted molar refractivity (Wildman–Crippen MR) is 60.2 cm³/mol. The summed E-state index contributed by atoms with van der Waals surface area (Å²) >= 11 is 1.37. The summed E-state index contributed by atoms with van der Waals surface area (Å²) in [5.41, 5.74) is 0.926. The summed E-state index contributed by atoms with van der Waals surface area (Å²) in [6.07, 6.45) is 3.51. The van der Waals surface area contributed by atoms with Gasteiger partial charge >= 0.3 is 0 Å². The smallest absolute Gasteiger partial charge is 0.258 e. The molecule has 0 aliphatic heterocycles. The lowest BCUT2D eigenvalue weighted by Crippen LogP contribution is -1.92. The highest BCUT2D eigenvalue weighted by Crippen LogP contribution is 2.33. The average molecular weight is 220 g/mol. The minimum Gasteiger partial charge on any atom is -0.258 e. The van der Waals surface area contributed by atoms with Gasteiger partial charge in [-0.3, -0.25) is 15.1 Å². The largest absolute Gasteiger partial charge is 0.283 e. The van der Waals surface area contributed by atoms with Crippen molar-refractivity contribution < 1.29 is 4.92 Å². The van der Waals surface area contributed by atoms with Gasteiger partial charge in [0.2, 0.25) is 0 Å². The zero-order chi connectivity index (χ0) is 10.8. The number of nitro groups is 1. The van der Waals surface area contributed by atoms with E-state index in [2.05, 4.69) is 4.98 Å². The molecular weight excluding hydrogens is 212 g/mol. The van der Waals surface area contributed by atoms with Gasteiger partial charge in [-0.2, -0.15) is 0 Å². The molecule has 1 heterocycles. The summed E-state index contributed by atoms with van der Waals surface area (Å²) in [6.45, 7) is 0. The van der Waals surface area contributed by atoms with Gasteiger partial charge in [-0.1, -0.05) is 0 Å². The number of rotatable bonds is 2. The molecule has 0 saturated carbocycles. The Balaban J connectivity index is 2.81. The molecule has 4 nitrogen and oxygen atoms in total. The van der Waals surface area contributed by atoms with Crippen molar-refractivity contribution in [2.24, 2.45) is 0 Å². The Morgan fingerprint density at radius 1 is 1.40 bits per heavy atom. The first-order valence-electron chi connectivity index (χ1n) is 4.30. The van der Waals surface area contributed by atoms with Crippen molar-refractivity contribution in [3.63, 3.8) is 0 Å². The lowest BCUT2D eigenvalue weighted by atomic mass is 10.2. The summed E-state index contributed by atoms with van der Waals surface area (Å²) < 4.78 is 0.